The first kappa shape index (κ1) is 11.5. The normalized spacial score (nSPS) is 22.8. The molecule has 0 radical (unpaired) electrons. The van der Waals surface area contributed by atoms with E-state index in [1.165, 1.54) is 4.88 Å². The van der Waals surface area contributed by atoms with Crippen molar-refractivity contribution in [1.82, 2.24) is 9.88 Å². The monoisotopic (exact) mass is 239 g/mol. The van der Waals surface area contributed by atoms with Crippen LogP contribution in [0.3, 0.4) is 0 Å². The summed E-state index contributed by atoms with van der Waals surface area (Å²) in [6.07, 6.45) is 3.66. The van der Waals surface area contributed by atoms with Crippen LogP contribution in [0.5, 0.6) is 0 Å². The molecule has 1 aliphatic rings. The Bertz CT molecular complexity index is 390. The van der Waals surface area contributed by atoms with Crippen LogP contribution in [0, 0.1) is 0 Å². The number of aryl methyl sites for hydroxylation is 1. The van der Waals surface area contributed by atoms with E-state index >= 15 is 0 Å². The van der Waals surface area contributed by atoms with Crippen LogP contribution in [0.4, 0.5) is 0 Å². The van der Waals surface area contributed by atoms with E-state index in [2.05, 4.69) is 11.9 Å². The highest BCUT2D eigenvalue weighted by Gasteiger charge is 2.33. The van der Waals surface area contributed by atoms with Gasteiger partial charge in [-0.2, -0.15) is 0 Å². The van der Waals surface area contributed by atoms with Crippen LogP contribution in [0.1, 0.15) is 36.2 Å². The summed E-state index contributed by atoms with van der Waals surface area (Å²) in [6, 6.07) is -0.251. The van der Waals surface area contributed by atoms with Crippen LogP contribution in [0.2, 0.25) is 0 Å². The largest absolute Gasteiger partial charge is 0.332 e. The van der Waals surface area contributed by atoms with E-state index in [-0.39, 0.29) is 18.0 Å². The molecule has 16 heavy (non-hydrogen) atoms. The number of aromatic nitrogens is 1. The van der Waals surface area contributed by atoms with E-state index in [9.17, 15) is 4.79 Å². The summed E-state index contributed by atoms with van der Waals surface area (Å²) in [5.74, 6) is 0.0562. The fraction of sp³-hybridized carbons (Fsp3) is 0.636. The maximum atomic E-state index is 11.8. The Hall–Kier alpha value is -0.940. The minimum Gasteiger partial charge on any atom is -0.332 e. The Balaban J connectivity index is 2.13. The SMILES string of the molecule is CCc1cnc(C(C)N2CCC(N)C2=O)s1. The van der Waals surface area contributed by atoms with Gasteiger partial charge in [-0.25, -0.2) is 4.98 Å². The number of carbonyl (C=O) groups excluding carboxylic acids is 1. The van der Waals surface area contributed by atoms with Gasteiger partial charge < -0.3 is 10.6 Å². The fourth-order valence-electron chi connectivity index (χ4n) is 1.92. The molecule has 1 fully saturated rings. The highest BCUT2D eigenvalue weighted by molar-refractivity contribution is 7.11. The highest BCUT2D eigenvalue weighted by atomic mass is 32.1. The number of likely N-dealkylation sites (tertiary alicyclic amines) is 1. The number of thiazole rings is 1. The van der Waals surface area contributed by atoms with Crippen LogP contribution in [0.25, 0.3) is 0 Å². The van der Waals surface area contributed by atoms with Crippen LogP contribution < -0.4 is 5.73 Å². The first-order valence-corrected chi connectivity index (χ1v) is 6.45. The predicted octanol–water partition coefficient (Wildman–Crippen LogP) is 1.33. The van der Waals surface area contributed by atoms with Crippen LogP contribution in [-0.2, 0) is 11.2 Å². The second kappa shape index (κ2) is 4.51. The number of hydrogen-bond acceptors (Lipinski definition) is 4. The molecule has 1 amide bonds. The lowest BCUT2D eigenvalue weighted by molar-refractivity contribution is -0.130. The Morgan fingerprint density at radius 1 is 1.75 bits per heavy atom. The lowest BCUT2D eigenvalue weighted by Gasteiger charge is -2.22. The van der Waals surface area contributed by atoms with Gasteiger partial charge in [0.2, 0.25) is 5.91 Å². The van der Waals surface area contributed by atoms with E-state index in [1.807, 2.05) is 18.0 Å². The number of nitrogens with two attached hydrogens (primary N) is 1. The summed E-state index contributed by atoms with van der Waals surface area (Å²) in [5.41, 5.74) is 5.71. The van der Waals surface area contributed by atoms with Gasteiger partial charge in [-0.05, 0) is 19.8 Å². The number of rotatable bonds is 3. The average Bonchev–Trinajstić information content (AvgIpc) is 2.87. The molecule has 2 N–H and O–H groups in total. The third-order valence-electron chi connectivity index (χ3n) is 3.03. The van der Waals surface area contributed by atoms with Crippen molar-refractivity contribution in [1.29, 1.82) is 0 Å². The van der Waals surface area contributed by atoms with Gasteiger partial charge in [-0.3, -0.25) is 4.79 Å². The molecule has 0 saturated carbocycles. The first-order chi connectivity index (χ1) is 7.63. The zero-order valence-electron chi connectivity index (χ0n) is 9.64. The van der Waals surface area contributed by atoms with E-state index in [1.54, 1.807) is 11.3 Å². The van der Waals surface area contributed by atoms with Gasteiger partial charge >= 0.3 is 0 Å². The molecular formula is C11H17N3OS. The molecule has 0 spiro atoms. The highest BCUT2D eigenvalue weighted by Crippen LogP contribution is 2.28. The van der Waals surface area contributed by atoms with Gasteiger partial charge in [0.25, 0.3) is 0 Å². The van der Waals surface area contributed by atoms with Gasteiger partial charge in [0.05, 0.1) is 12.1 Å². The standard InChI is InChI=1S/C11H17N3OS/c1-3-8-6-13-10(16-8)7(2)14-5-4-9(12)11(14)15/h6-7,9H,3-5,12H2,1-2H3. The molecule has 0 bridgehead atoms. The van der Waals surface area contributed by atoms with Crippen molar-refractivity contribution in [2.24, 2.45) is 5.73 Å². The lowest BCUT2D eigenvalue weighted by atomic mass is 10.3. The summed E-state index contributed by atoms with van der Waals surface area (Å²) in [5, 5.41) is 1.01. The van der Waals surface area contributed by atoms with E-state index in [0.29, 0.717) is 0 Å². The lowest BCUT2D eigenvalue weighted by Crippen LogP contribution is -2.35. The average molecular weight is 239 g/mol. The second-order valence-electron chi connectivity index (χ2n) is 4.12. The molecule has 0 aromatic carbocycles. The molecule has 1 saturated heterocycles. The minimum atomic E-state index is -0.312. The van der Waals surface area contributed by atoms with E-state index in [0.717, 1.165) is 24.4 Å². The van der Waals surface area contributed by atoms with E-state index < -0.39 is 0 Å². The summed E-state index contributed by atoms with van der Waals surface area (Å²) in [4.78, 5) is 19.2. The Morgan fingerprint density at radius 3 is 3.00 bits per heavy atom. The molecule has 1 aromatic rings. The molecule has 4 nitrogen and oxygen atoms in total. The van der Waals surface area contributed by atoms with Gasteiger partial charge in [-0.15, -0.1) is 11.3 Å². The van der Waals surface area contributed by atoms with Gasteiger partial charge in [-0.1, -0.05) is 6.92 Å². The second-order valence-corrected chi connectivity index (χ2v) is 5.27. The molecule has 0 aliphatic carbocycles. The van der Waals surface area contributed by atoms with Crippen molar-refractivity contribution >= 4 is 17.2 Å². The molecule has 2 heterocycles. The summed E-state index contributed by atoms with van der Waals surface area (Å²) in [7, 11) is 0. The molecule has 2 unspecified atom stereocenters. The number of nitrogens with zero attached hydrogens (tertiary/aromatic N) is 2. The Morgan fingerprint density at radius 2 is 2.50 bits per heavy atom. The first-order valence-electron chi connectivity index (χ1n) is 5.64. The molecule has 2 rings (SSSR count). The molecule has 1 aromatic heterocycles. The quantitative estimate of drug-likeness (QED) is 0.865. The fourth-order valence-corrected chi connectivity index (χ4v) is 2.84. The summed E-state index contributed by atoms with van der Waals surface area (Å²) >= 11 is 1.69. The van der Waals surface area contributed by atoms with Crippen molar-refractivity contribution < 1.29 is 4.79 Å². The maximum Gasteiger partial charge on any atom is 0.240 e. The zero-order valence-corrected chi connectivity index (χ0v) is 10.5. The van der Waals surface area contributed by atoms with Gasteiger partial charge in [0.15, 0.2) is 0 Å². The maximum absolute atomic E-state index is 11.8. The molecular weight excluding hydrogens is 222 g/mol. The number of carbonyl (C=O) groups is 1. The number of amides is 1. The summed E-state index contributed by atoms with van der Waals surface area (Å²) < 4.78 is 0. The van der Waals surface area contributed by atoms with Crippen molar-refractivity contribution in [3.05, 3.63) is 16.1 Å². The smallest absolute Gasteiger partial charge is 0.240 e. The molecule has 88 valence electrons. The predicted molar refractivity (Wildman–Crippen MR) is 64.2 cm³/mol. The Labute approximate surface area is 99.5 Å². The number of hydrogen-bond donors (Lipinski definition) is 1. The van der Waals surface area contributed by atoms with Crippen molar-refractivity contribution in [3.63, 3.8) is 0 Å². The van der Waals surface area contributed by atoms with Gasteiger partial charge in [0, 0.05) is 17.6 Å². The van der Waals surface area contributed by atoms with Gasteiger partial charge in [0.1, 0.15) is 5.01 Å². The van der Waals surface area contributed by atoms with Crippen molar-refractivity contribution in [2.75, 3.05) is 6.54 Å². The van der Waals surface area contributed by atoms with E-state index in [4.69, 9.17) is 5.73 Å². The van der Waals surface area contributed by atoms with Crippen molar-refractivity contribution in [2.45, 2.75) is 38.8 Å². The topological polar surface area (TPSA) is 59.2 Å². The minimum absolute atomic E-state index is 0.0562. The third-order valence-corrected chi connectivity index (χ3v) is 4.34. The van der Waals surface area contributed by atoms with Crippen molar-refractivity contribution in [3.8, 4) is 0 Å². The third kappa shape index (κ3) is 1.97. The van der Waals surface area contributed by atoms with Crippen LogP contribution >= 0.6 is 11.3 Å². The van der Waals surface area contributed by atoms with Crippen LogP contribution in [0.15, 0.2) is 6.20 Å². The molecule has 5 heteroatoms. The Kier molecular flexibility index (Phi) is 3.25. The van der Waals surface area contributed by atoms with Crippen LogP contribution in [-0.4, -0.2) is 28.4 Å². The summed E-state index contributed by atoms with van der Waals surface area (Å²) in [6.45, 7) is 4.88. The zero-order chi connectivity index (χ0) is 11.7. The molecule has 1 aliphatic heterocycles. The molecule has 2 atom stereocenters.